The number of aliphatic carboxylic acids is 1. The van der Waals surface area contributed by atoms with Crippen LogP contribution in [0.1, 0.15) is 20.3 Å². The lowest BCUT2D eigenvalue weighted by molar-refractivity contribution is -0.179. The molecule has 0 fully saturated rings. The Morgan fingerprint density at radius 2 is 1.39 bits per heavy atom. The topological polar surface area (TPSA) is 234 Å². The van der Waals surface area contributed by atoms with Gasteiger partial charge in [-0.25, -0.2) is 9.36 Å². The molecule has 0 bridgehead atoms. The van der Waals surface area contributed by atoms with E-state index in [0.29, 0.717) is 0 Å². The largest absolute Gasteiger partial charge is 0.475 e. The molecule has 0 saturated heterocycles. The Balaban J connectivity index is 5.48. The molecule has 0 aromatic heterocycles. The van der Waals surface area contributed by atoms with Crippen LogP contribution in [0.5, 0.6) is 0 Å². The van der Waals surface area contributed by atoms with Crippen molar-refractivity contribution in [3.63, 3.8) is 0 Å². The lowest BCUT2D eigenvalue weighted by Gasteiger charge is -2.32. The number of Topliss-reactive ketones (excluding diaryl/α,β-unsaturated/α-hetero) is 1. The number of aliphatic hydroxyl groups is 3. The number of rotatable bonds is 12. The SMILES string of the molecule is CC(=O)OC[C@@H](OC(C)=O)[C@@H](O)[C@H](O)[C@H](O)[C@H](CC(=O)C(=O)O)OP(=O)(O)O. The van der Waals surface area contributed by atoms with Gasteiger partial charge < -0.3 is 39.7 Å². The highest BCUT2D eigenvalue weighted by Crippen LogP contribution is 2.39. The van der Waals surface area contributed by atoms with E-state index in [1.165, 1.54) is 0 Å². The summed E-state index contributed by atoms with van der Waals surface area (Å²) in [7, 11) is -5.36. The van der Waals surface area contributed by atoms with Crippen molar-refractivity contribution < 1.29 is 68.0 Å². The standard InChI is InChI=1S/C13H21O14P/c1-5(14)25-4-9(26-6(2)15)11(18)12(19)10(17)8(27-28(22,23)24)3-7(16)13(20)21/h8-12,17-19H,3-4H2,1-2H3,(H,20,21)(H2,22,23,24)/t8-,9+,10+,11+,12+/m0/s1. The average Bonchev–Trinajstić information content (AvgIpc) is 2.54. The first-order chi connectivity index (χ1) is 12.7. The summed E-state index contributed by atoms with van der Waals surface area (Å²) in [5.74, 6) is -5.43. The Morgan fingerprint density at radius 3 is 1.79 bits per heavy atom. The fraction of sp³-hybridized carbons (Fsp3) is 0.692. The highest BCUT2D eigenvalue weighted by Gasteiger charge is 2.41. The van der Waals surface area contributed by atoms with Crippen molar-refractivity contribution in [3.8, 4) is 0 Å². The number of esters is 2. The van der Waals surface area contributed by atoms with Gasteiger partial charge >= 0.3 is 25.7 Å². The van der Waals surface area contributed by atoms with Gasteiger partial charge in [0.2, 0.25) is 5.78 Å². The Bertz CT molecular complexity index is 627. The number of phosphoric ester groups is 1. The third-order valence-corrected chi connectivity index (χ3v) is 3.67. The summed E-state index contributed by atoms with van der Waals surface area (Å²) in [6, 6.07) is 0. The lowest BCUT2D eigenvalue weighted by atomic mass is 9.96. The van der Waals surface area contributed by atoms with Gasteiger partial charge in [0.05, 0.1) is 0 Å². The first-order valence-corrected chi connectivity index (χ1v) is 9.03. The minimum atomic E-state index is -5.36. The molecule has 0 spiro atoms. The lowest BCUT2D eigenvalue weighted by Crippen LogP contribution is -2.52. The molecule has 0 heterocycles. The van der Waals surface area contributed by atoms with Gasteiger partial charge in [-0.1, -0.05) is 0 Å². The highest BCUT2D eigenvalue weighted by molar-refractivity contribution is 7.46. The second-order valence-corrected chi connectivity index (χ2v) is 6.68. The van der Waals surface area contributed by atoms with E-state index >= 15 is 0 Å². The van der Waals surface area contributed by atoms with Crippen LogP contribution in [0, 0.1) is 0 Å². The third-order valence-electron chi connectivity index (χ3n) is 3.13. The molecule has 0 amide bonds. The molecular weight excluding hydrogens is 411 g/mol. The van der Waals surface area contributed by atoms with E-state index in [4.69, 9.17) is 14.9 Å². The number of ketones is 1. The summed E-state index contributed by atoms with van der Waals surface area (Å²) in [4.78, 5) is 61.5. The number of ether oxygens (including phenoxy) is 2. The van der Waals surface area contributed by atoms with Gasteiger partial charge in [-0.15, -0.1) is 0 Å². The minimum Gasteiger partial charge on any atom is -0.475 e. The van der Waals surface area contributed by atoms with Crippen molar-refractivity contribution >= 4 is 31.5 Å². The maximum Gasteiger partial charge on any atom is 0.469 e. The molecule has 6 N–H and O–H groups in total. The second kappa shape index (κ2) is 11.2. The van der Waals surface area contributed by atoms with E-state index in [9.17, 15) is 39.1 Å². The Morgan fingerprint density at radius 1 is 0.893 bits per heavy atom. The molecule has 0 unspecified atom stereocenters. The van der Waals surface area contributed by atoms with Gasteiger partial charge in [0.15, 0.2) is 6.10 Å². The molecule has 162 valence electrons. The maximum atomic E-state index is 11.3. The van der Waals surface area contributed by atoms with Crippen molar-refractivity contribution in [1.82, 2.24) is 0 Å². The van der Waals surface area contributed by atoms with Crippen molar-refractivity contribution in [2.75, 3.05) is 6.61 Å². The number of hydrogen-bond acceptors (Lipinski definition) is 11. The average molecular weight is 432 g/mol. The van der Waals surface area contributed by atoms with Crippen LogP contribution in [0.3, 0.4) is 0 Å². The molecule has 0 aliphatic heterocycles. The van der Waals surface area contributed by atoms with E-state index in [1.54, 1.807) is 0 Å². The molecule has 0 rings (SSSR count). The molecule has 15 heteroatoms. The molecule has 0 saturated carbocycles. The maximum absolute atomic E-state index is 11.3. The number of carbonyl (C=O) groups is 4. The molecule has 14 nitrogen and oxygen atoms in total. The quantitative estimate of drug-likeness (QED) is 0.103. The monoisotopic (exact) mass is 432 g/mol. The second-order valence-electron chi connectivity index (χ2n) is 5.49. The van der Waals surface area contributed by atoms with Gasteiger partial charge in [0.1, 0.15) is 31.0 Å². The van der Waals surface area contributed by atoms with Crippen LogP contribution >= 0.6 is 7.82 Å². The van der Waals surface area contributed by atoms with E-state index in [1.807, 2.05) is 0 Å². The van der Waals surface area contributed by atoms with E-state index < -0.39 is 75.1 Å². The summed E-state index contributed by atoms with van der Waals surface area (Å²) < 4.78 is 24.3. The van der Waals surface area contributed by atoms with Crippen LogP contribution in [0.15, 0.2) is 0 Å². The highest BCUT2D eigenvalue weighted by atomic mass is 31.2. The predicted octanol–water partition coefficient (Wildman–Crippen LogP) is -2.91. The number of hydrogen-bond donors (Lipinski definition) is 6. The molecule has 0 radical (unpaired) electrons. The predicted molar refractivity (Wildman–Crippen MR) is 84.4 cm³/mol. The van der Waals surface area contributed by atoms with Crippen LogP contribution < -0.4 is 0 Å². The van der Waals surface area contributed by atoms with Gasteiger partial charge in [0, 0.05) is 20.3 Å². The molecule has 0 aromatic rings. The van der Waals surface area contributed by atoms with E-state index in [-0.39, 0.29) is 0 Å². The third kappa shape index (κ3) is 9.85. The zero-order valence-electron chi connectivity index (χ0n) is 14.7. The zero-order valence-corrected chi connectivity index (χ0v) is 15.6. The van der Waals surface area contributed by atoms with Gasteiger partial charge in [-0.2, -0.15) is 0 Å². The van der Waals surface area contributed by atoms with E-state index in [2.05, 4.69) is 14.0 Å². The van der Waals surface area contributed by atoms with Crippen LogP contribution in [0.4, 0.5) is 0 Å². The van der Waals surface area contributed by atoms with Crippen molar-refractivity contribution in [2.45, 2.75) is 50.8 Å². The minimum absolute atomic E-state index is 0.752. The van der Waals surface area contributed by atoms with Crippen LogP contribution in [-0.2, 0) is 37.7 Å². The Hall–Kier alpha value is -1.93. The summed E-state index contributed by atoms with van der Waals surface area (Å²) >= 11 is 0. The van der Waals surface area contributed by atoms with Crippen molar-refractivity contribution in [3.05, 3.63) is 0 Å². The van der Waals surface area contributed by atoms with Gasteiger partial charge in [-0.05, 0) is 0 Å². The Kier molecular flexibility index (Phi) is 10.4. The smallest absolute Gasteiger partial charge is 0.469 e. The Labute approximate surface area is 157 Å². The molecule has 28 heavy (non-hydrogen) atoms. The zero-order chi connectivity index (χ0) is 22.2. The molecular formula is C13H21O14P. The van der Waals surface area contributed by atoms with Crippen LogP contribution in [-0.4, -0.2) is 91.0 Å². The number of aliphatic hydroxyl groups excluding tert-OH is 3. The summed E-state index contributed by atoms with van der Waals surface area (Å²) in [6.45, 7) is 1.16. The molecule has 5 atom stereocenters. The number of carboxylic acids is 1. The molecule has 0 aliphatic carbocycles. The summed E-state index contributed by atoms with van der Waals surface area (Å²) in [6.07, 6.45) is -12.2. The van der Waals surface area contributed by atoms with Crippen molar-refractivity contribution in [2.24, 2.45) is 0 Å². The summed E-state index contributed by atoms with van der Waals surface area (Å²) in [5, 5.41) is 38.7. The fourth-order valence-corrected chi connectivity index (χ4v) is 2.48. The number of carboxylic acid groups (broad SMARTS) is 1. The van der Waals surface area contributed by atoms with Gasteiger partial charge in [0.25, 0.3) is 0 Å². The van der Waals surface area contributed by atoms with Crippen LogP contribution in [0.25, 0.3) is 0 Å². The van der Waals surface area contributed by atoms with Crippen molar-refractivity contribution in [1.29, 1.82) is 0 Å². The number of carbonyl (C=O) groups excluding carboxylic acids is 3. The van der Waals surface area contributed by atoms with Crippen LogP contribution in [0.2, 0.25) is 0 Å². The van der Waals surface area contributed by atoms with E-state index in [0.717, 1.165) is 13.8 Å². The molecule has 0 aliphatic rings. The first kappa shape index (κ1) is 26.1. The normalized spacial score (nSPS) is 17.0. The summed E-state index contributed by atoms with van der Waals surface area (Å²) in [5.41, 5.74) is 0. The number of phosphoric acid groups is 1. The first-order valence-electron chi connectivity index (χ1n) is 7.50. The molecule has 0 aromatic carbocycles. The van der Waals surface area contributed by atoms with Gasteiger partial charge in [-0.3, -0.25) is 18.9 Å². The fourth-order valence-electron chi connectivity index (χ4n) is 1.92.